The van der Waals surface area contributed by atoms with Gasteiger partial charge < -0.3 is 0 Å². The average Bonchev–Trinajstić information content (AvgIpc) is 3.36. The molecule has 0 radical (unpaired) electrons. The summed E-state index contributed by atoms with van der Waals surface area (Å²) in [5, 5.41) is 6.13. The van der Waals surface area contributed by atoms with E-state index in [2.05, 4.69) is 137 Å². The third-order valence-electron chi connectivity index (χ3n) is 9.40. The highest BCUT2D eigenvalue weighted by molar-refractivity contribution is 5.93. The first-order valence-corrected chi connectivity index (χ1v) is 15.9. The lowest BCUT2D eigenvalue weighted by molar-refractivity contribution is -0.595. The first-order valence-electron chi connectivity index (χ1n) is 15.9. The van der Waals surface area contributed by atoms with Gasteiger partial charge in [0.2, 0.25) is 11.4 Å². The van der Waals surface area contributed by atoms with Crippen molar-refractivity contribution in [1.29, 1.82) is 0 Å². The quantitative estimate of drug-likeness (QED) is 0.185. The SMILES string of the molecule is CCCCc1ccc2c3[n+](cnc2c1)C=C([n+]1ccccc1-c1cc(C(C)(C)C)nn1C)C(CC)(CC)c1ccccc1-3. The summed E-state index contributed by atoms with van der Waals surface area (Å²) < 4.78 is 6.69. The maximum atomic E-state index is 5.03. The maximum Gasteiger partial charge on any atom is 0.292 e. The number of benzene rings is 2. The molecule has 0 N–H and O–H groups in total. The Bertz CT molecular complexity index is 1830. The van der Waals surface area contributed by atoms with Gasteiger partial charge in [-0.1, -0.05) is 78.3 Å². The van der Waals surface area contributed by atoms with Gasteiger partial charge in [-0.05, 0) is 66.1 Å². The topological polar surface area (TPSA) is 38.5 Å². The fourth-order valence-electron chi connectivity index (χ4n) is 6.85. The Hall–Kier alpha value is -4.12. The molecule has 0 atom stereocenters. The first-order chi connectivity index (χ1) is 20.7. The molecule has 1 aliphatic heterocycles. The second kappa shape index (κ2) is 11.2. The van der Waals surface area contributed by atoms with Crippen LogP contribution >= 0.6 is 0 Å². The van der Waals surface area contributed by atoms with E-state index in [0.29, 0.717) is 0 Å². The summed E-state index contributed by atoms with van der Waals surface area (Å²) in [5.74, 6) is 0. The number of fused-ring (bicyclic) bond motifs is 5. The Labute approximate surface area is 256 Å². The summed E-state index contributed by atoms with van der Waals surface area (Å²) in [4.78, 5) is 5.03. The van der Waals surface area contributed by atoms with Crippen LogP contribution in [0.15, 0.2) is 79.3 Å². The minimum atomic E-state index is -0.220. The zero-order chi connectivity index (χ0) is 30.4. The van der Waals surface area contributed by atoms with E-state index in [4.69, 9.17) is 10.1 Å². The van der Waals surface area contributed by atoms with Crippen molar-refractivity contribution in [3.8, 4) is 22.6 Å². The lowest BCUT2D eigenvalue weighted by Gasteiger charge is -2.31. The molecular formula is C38H45N5+2. The monoisotopic (exact) mass is 571 g/mol. The second-order valence-corrected chi connectivity index (χ2v) is 13.0. The molecule has 220 valence electrons. The Morgan fingerprint density at radius 2 is 1.67 bits per heavy atom. The Kier molecular flexibility index (Phi) is 7.53. The van der Waals surface area contributed by atoms with Crippen LogP contribution in [0.2, 0.25) is 0 Å². The predicted octanol–water partition coefficient (Wildman–Crippen LogP) is 8.04. The van der Waals surface area contributed by atoms with Crippen LogP contribution in [0.3, 0.4) is 0 Å². The van der Waals surface area contributed by atoms with Gasteiger partial charge in [0.15, 0.2) is 23.6 Å². The van der Waals surface area contributed by atoms with E-state index in [9.17, 15) is 0 Å². The Balaban J connectivity index is 1.65. The van der Waals surface area contributed by atoms with Crippen molar-refractivity contribution in [3.05, 3.63) is 96.1 Å². The lowest BCUT2D eigenvalue weighted by Crippen LogP contribution is -2.46. The molecule has 0 bridgehead atoms. The lowest BCUT2D eigenvalue weighted by atomic mass is 9.71. The van der Waals surface area contributed by atoms with Gasteiger partial charge in [0.05, 0.1) is 16.5 Å². The van der Waals surface area contributed by atoms with Gasteiger partial charge in [-0.3, -0.25) is 4.68 Å². The molecule has 4 heterocycles. The molecule has 0 spiro atoms. The van der Waals surface area contributed by atoms with Crippen molar-refractivity contribution < 1.29 is 9.13 Å². The van der Waals surface area contributed by atoms with Crippen molar-refractivity contribution >= 4 is 22.8 Å². The van der Waals surface area contributed by atoms with Crippen molar-refractivity contribution in [2.24, 2.45) is 7.05 Å². The highest BCUT2D eigenvalue weighted by Gasteiger charge is 2.46. The second-order valence-electron chi connectivity index (χ2n) is 13.0. The zero-order valence-electron chi connectivity index (χ0n) is 26.9. The minimum Gasteiger partial charge on any atom is -0.262 e. The van der Waals surface area contributed by atoms with E-state index in [0.717, 1.165) is 41.9 Å². The van der Waals surface area contributed by atoms with Crippen molar-refractivity contribution in [3.63, 3.8) is 0 Å². The number of nitrogens with zero attached hydrogens (tertiary/aromatic N) is 5. The third kappa shape index (κ3) is 4.89. The zero-order valence-corrected chi connectivity index (χ0v) is 26.9. The molecule has 1 aliphatic rings. The maximum absolute atomic E-state index is 5.03. The van der Waals surface area contributed by atoms with E-state index in [-0.39, 0.29) is 10.8 Å². The van der Waals surface area contributed by atoms with Crippen molar-refractivity contribution in [2.45, 2.75) is 84.5 Å². The van der Waals surface area contributed by atoms with E-state index in [1.165, 1.54) is 46.3 Å². The highest BCUT2D eigenvalue weighted by Crippen LogP contribution is 2.46. The molecule has 0 unspecified atom stereocenters. The van der Waals surface area contributed by atoms with Crippen LogP contribution in [-0.4, -0.2) is 14.8 Å². The number of aryl methyl sites for hydroxylation is 2. The smallest absolute Gasteiger partial charge is 0.262 e. The van der Waals surface area contributed by atoms with Gasteiger partial charge in [0.25, 0.3) is 6.33 Å². The number of pyridine rings is 1. The summed E-state index contributed by atoms with van der Waals surface area (Å²) in [6.07, 6.45) is 12.0. The van der Waals surface area contributed by atoms with E-state index < -0.39 is 0 Å². The molecule has 0 fully saturated rings. The van der Waals surface area contributed by atoms with E-state index in [1.807, 2.05) is 11.0 Å². The number of hydrogen-bond donors (Lipinski definition) is 0. The number of hydrogen-bond acceptors (Lipinski definition) is 2. The van der Waals surface area contributed by atoms with Crippen LogP contribution in [-0.2, 0) is 24.3 Å². The van der Waals surface area contributed by atoms with Gasteiger partial charge in [-0.15, -0.1) is 0 Å². The Morgan fingerprint density at radius 3 is 2.40 bits per heavy atom. The van der Waals surface area contributed by atoms with Crippen LogP contribution in [0.5, 0.6) is 0 Å². The van der Waals surface area contributed by atoms with Gasteiger partial charge in [-0.2, -0.15) is 14.2 Å². The molecule has 0 amide bonds. The summed E-state index contributed by atoms with van der Waals surface area (Å²) in [7, 11) is 2.06. The predicted molar refractivity (Wildman–Crippen MR) is 176 cm³/mol. The molecule has 3 aromatic heterocycles. The fraction of sp³-hybridized carbons (Fsp3) is 0.368. The highest BCUT2D eigenvalue weighted by atomic mass is 15.3. The summed E-state index contributed by atoms with van der Waals surface area (Å²) >= 11 is 0. The van der Waals surface area contributed by atoms with Crippen LogP contribution < -0.4 is 9.13 Å². The molecule has 5 heteroatoms. The number of rotatable bonds is 7. The normalized spacial score (nSPS) is 14.3. The molecule has 0 saturated heterocycles. The molecule has 6 rings (SSSR count). The third-order valence-corrected chi connectivity index (χ3v) is 9.40. The van der Waals surface area contributed by atoms with Gasteiger partial charge >= 0.3 is 0 Å². The summed E-state index contributed by atoms with van der Waals surface area (Å²) in [6.45, 7) is 13.6. The molecule has 0 aliphatic carbocycles. The molecule has 0 saturated carbocycles. The Morgan fingerprint density at radius 1 is 0.907 bits per heavy atom. The van der Waals surface area contributed by atoms with Crippen LogP contribution in [0.25, 0.3) is 45.4 Å². The number of allylic oxidation sites excluding steroid dienone is 1. The van der Waals surface area contributed by atoms with Crippen LogP contribution in [0.4, 0.5) is 0 Å². The van der Waals surface area contributed by atoms with E-state index >= 15 is 0 Å². The van der Waals surface area contributed by atoms with Gasteiger partial charge in [-0.25, -0.2) is 0 Å². The molecule has 43 heavy (non-hydrogen) atoms. The molecular weight excluding hydrogens is 526 g/mol. The van der Waals surface area contributed by atoms with Crippen LogP contribution in [0.1, 0.15) is 84.0 Å². The first kappa shape index (κ1) is 29.0. The molecule has 2 aromatic carbocycles. The minimum absolute atomic E-state index is 0.0370. The van der Waals surface area contributed by atoms with Crippen molar-refractivity contribution in [1.82, 2.24) is 14.8 Å². The summed E-state index contributed by atoms with van der Waals surface area (Å²) in [5.41, 5.74) is 10.6. The van der Waals surface area contributed by atoms with Gasteiger partial charge in [0.1, 0.15) is 5.69 Å². The van der Waals surface area contributed by atoms with Crippen LogP contribution in [0, 0.1) is 0 Å². The average molecular weight is 572 g/mol. The fourth-order valence-corrected chi connectivity index (χ4v) is 6.85. The van der Waals surface area contributed by atoms with Crippen molar-refractivity contribution in [2.75, 3.05) is 0 Å². The van der Waals surface area contributed by atoms with Gasteiger partial charge in [0, 0.05) is 30.2 Å². The largest absolute Gasteiger partial charge is 0.292 e. The molecule has 5 nitrogen and oxygen atoms in total. The van der Waals surface area contributed by atoms with E-state index in [1.54, 1.807) is 0 Å². The number of unbranched alkanes of at least 4 members (excludes halogenated alkanes) is 1. The number of aromatic nitrogens is 5. The standard InChI is InChI=1S/C38H45N5/c1-8-11-16-27-20-21-29-31(23-27)39-26-42-25-35(38(9-2,10-3)30-18-13-12-17-28(30)36(29)42)43-22-15-14-19-32(43)33-24-34(37(4,5)6)40-41(33)7/h12-15,17-26H,8-11,16H2,1-7H3/q+2. The molecule has 5 aromatic rings. The summed E-state index contributed by atoms with van der Waals surface area (Å²) in [6, 6.07) is 24.6.